The van der Waals surface area contributed by atoms with Crippen LogP contribution in [-0.2, 0) is 16.0 Å². The molecule has 0 spiro atoms. The van der Waals surface area contributed by atoms with Gasteiger partial charge >= 0.3 is 0 Å². The van der Waals surface area contributed by atoms with Gasteiger partial charge in [-0.15, -0.1) is 11.3 Å². The van der Waals surface area contributed by atoms with Gasteiger partial charge < -0.3 is 10.6 Å². The number of hydrogen-bond acceptors (Lipinski definition) is 4. The van der Waals surface area contributed by atoms with Crippen LogP contribution in [-0.4, -0.2) is 16.8 Å². The standard InChI is InChI=1S/C21H21N3O2S/c1-13-4-7-17(10-14(13)2)19-12-27-21(23-19)24-20(26)11-16-5-8-18(9-6-16)22-15(3)25/h4-10,12H,11H2,1-3H3,(H,22,25)(H,23,24,26). The number of nitrogens with zero attached hydrogens (tertiary/aromatic N) is 1. The van der Waals surface area contributed by atoms with Crippen molar-refractivity contribution in [3.63, 3.8) is 0 Å². The second-order valence-corrected chi connectivity index (χ2v) is 7.30. The third-order valence-corrected chi connectivity index (χ3v) is 4.95. The zero-order valence-corrected chi connectivity index (χ0v) is 16.3. The van der Waals surface area contributed by atoms with E-state index in [2.05, 4.69) is 41.6 Å². The third-order valence-electron chi connectivity index (χ3n) is 4.19. The number of anilines is 2. The van der Waals surface area contributed by atoms with Gasteiger partial charge in [-0.2, -0.15) is 0 Å². The predicted octanol–water partition coefficient (Wildman–Crippen LogP) is 4.57. The zero-order valence-electron chi connectivity index (χ0n) is 15.5. The zero-order chi connectivity index (χ0) is 19.4. The quantitative estimate of drug-likeness (QED) is 0.682. The third kappa shape index (κ3) is 5.01. The first-order chi connectivity index (χ1) is 12.9. The molecular weight excluding hydrogens is 358 g/mol. The van der Waals surface area contributed by atoms with Gasteiger partial charge in [0.25, 0.3) is 0 Å². The summed E-state index contributed by atoms with van der Waals surface area (Å²) in [4.78, 5) is 27.8. The van der Waals surface area contributed by atoms with E-state index < -0.39 is 0 Å². The van der Waals surface area contributed by atoms with E-state index in [1.54, 1.807) is 12.1 Å². The molecule has 0 atom stereocenters. The Morgan fingerprint density at radius 3 is 2.41 bits per heavy atom. The average molecular weight is 379 g/mol. The van der Waals surface area contributed by atoms with Crippen LogP contribution in [0.3, 0.4) is 0 Å². The van der Waals surface area contributed by atoms with Crippen molar-refractivity contribution in [2.24, 2.45) is 0 Å². The molecule has 0 radical (unpaired) electrons. The number of carbonyl (C=O) groups excluding carboxylic acids is 2. The largest absolute Gasteiger partial charge is 0.326 e. The maximum atomic E-state index is 12.3. The second kappa shape index (κ2) is 8.14. The molecule has 1 heterocycles. The fourth-order valence-electron chi connectivity index (χ4n) is 2.62. The van der Waals surface area contributed by atoms with E-state index in [4.69, 9.17) is 0 Å². The number of aryl methyl sites for hydroxylation is 2. The van der Waals surface area contributed by atoms with Gasteiger partial charge in [0.05, 0.1) is 12.1 Å². The smallest absolute Gasteiger partial charge is 0.230 e. The van der Waals surface area contributed by atoms with Crippen LogP contribution in [0.25, 0.3) is 11.3 Å². The highest BCUT2D eigenvalue weighted by atomic mass is 32.1. The summed E-state index contributed by atoms with van der Waals surface area (Å²) >= 11 is 1.41. The first-order valence-electron chi connectivity index (χ1n) is 8.60. The lowest BCUT2D eigenvalue weighted by atomic mass is 10.1. The number of nitrogens with one attached hydrogen (secondary N) is 2. The van der Waals surface area contributed by atoms with Crippen molar-refractivity contribution in [3.05, 3.63) is 64.5 Å². The minimum absolute atomic E-state index is 0.121. The molecule has 0 fully saturated rings. The molecule has 2 N–H and O–H groups in total. The summed E-state index contributed by atoms with van der Waals surface area (Å²) in [6.07, 6.45) is 0.249. The lowest BCUT2D eigenvalue weighted by Crippen LogP contribution is -2.14. The summed E-state index contributed by atoms with van der Waals surface area (Å²) in [5.74, 6) is -0.243. The number of amides is 2. The maximum absolute atomic E-state index is 12.3. The topological polar surface area (TPSA) is 71.1 Å². The fraction of sp³-hybridized carbons (Fsp3) is 0.190. The Balaban J connectivity index is 1.62. The molecule has 0 unspecified atom stereocenters. The van der Waals surface area contributed by atoms with Crippen LogP contribution < -0.4 is 10.6 Å². The highest BCUT2D eigenvalue weighted by Crippen LogP contribution is 2.26. The Morgan fingerprint density at radius 1 is 1.00 bits per heavy atom. The van der Waals surface area contributed by atoms with Crippen LogP contribution in [0.2, 0.25) is 0 Å². The molecule has 0 aliphatic carbocycles. The number of thiazole rings is 1. The molecule has 5 nitrogen and oxygen atoms in total. The maximum Gasteiger partial charge on any atom is 0.230 e. The number of carbonyl (C=O) groups is 2. The molecule has 0 bridgehead atoms. The molecular formula is C21H21N3O2S. The SMILES string of the molecule is CC(=O)Nc1ccc(CC(=O)Nc2nc(-c3ccc(C)c(C)c3)cs2)cc1. The second-order valence-electron chi connectivity index (χ2n) is 6.44. The molecule has 3 aromatic rings. The van der Waals surface area contributed by atoms with Crippen LogP contribution in [0, 0.1) is 13.8 Å². The molecule has 3 rings (SSSR count). The molecule has 138 valence electrons. The van der Waals surface area contributed by atoms with E-state index in [0.717, 1.165) is 16.8 Å². The Labute approximate surface area is 162 Å². The van der Waals surface area contributed by atoms with Gasteiger partial charge in [-0.05, 0) is 48.7 Å². The van der Waals surface area contributed by atoms with Gasteiger partial charge in [-0.3, -0.25) is 9.59 Å². The monoisotopic (exact) mass is 379 g/mol. The number of aromatic nitrogens is 1. The molecule has 0 saturated heterocycles. The molecule has 2 aromatic carbocycles. The van der Waals surface area contributed by atoms with Crippen molar-refractivity contribution in [3.8, 4) is 11.3 Å². The Kier molecular flexibility index (Phi) is 5.66. The number of hydrogen-bond donors (Lipinski definition) is 2. The predicted molar refractivity (Wildman–Crippen MR) is 110 cm³/mol. The summed E-state index contributed by atoms with van der Waals surface area (Å²) in [5.41, 5.74) is 5.94. The Bertz CT molecular complexity index is 977. The van der Waals surface area contributed by atoms with Crippen molar-refractivity contribution in [1.29, 1.82) is 0 Å². The van der Waals surface area contributed by atoms with Gasteiger partial charge in [0.2, 0.25) is 11.8 Å². The van der Waals surface area contributed by atoms with Crippen molar-refractivity contribution in [2.45, 2.75) is 27.2 Å². The van der Waals surface area contributed by atoms with Crippen LogP contribution in [0.5, 0.6) is 0 Å². The fourth-order valence-corrected chi connectivity index (χ4v) is 3.36. The van der Waals surface area contributed by atoms with Crippen LogP contribution in [0.15, 0.2) is 47.8 Å². The Hall–Kier alpha value is -2.99. The van der Waals surface area contributed by atoms with Crippen LogP contribution in [0.4, 0.5) is 10.8 Å². The summed E-state index contributed by atoms with van der Waals surface area (Å²) in [6.45, 7) is 5.61. The van der Waals surface area contributed by atoms with E-state index in [9.17, 15) is 9.59 Å². The molecule has 0 saturated carbocycles. The number of rotatable bonds is 5. The molecule has 0 aliphatic heterocycles. The summed E-state index contributed by atoms with van der Waals surface area (Å²) in [7, 11) is 0. The van der Waals surface area contributed by atoms with Gasteiger partial charge in [0.15, 0.2) is 5.13 Å². The van der Waals surface area contributed by atoms with Gasteiger partial charge in [-0.1, -0.05) is 24.3 Å². The molecule has 1 aromatic heterocycles. The number of benzene rings is 2. The van der Waals surface area contributed by atoms with Gasteiger partial charge in [0, 0.05) is 23.6 Å². The molecule has 6 heteroatoms. The van der Waals surface area contributed by atoms with Crippen molar-refractivity contribution in [1.82, 2.24) is 4.98 Å². The van der Waals surface area contributed by atoms with Crippen LogP contribution >= 0.6 is 11.3 Å². The van der Waals surface area contributed by atoms with Gasteiger partial charge in [0.1, 0.15) is 0 Å². The molecule has 27 heavy (non-hydrogen) atoms. The summed E-state index contributed by atoms with van der Waals surface area (Å²) in [5, 5.41) is 8.09. The van der Waals surface area contributed by atoms with E-state index >= 15 is 0 Å². The minimum atomic E-state index is -0.122. The molecule has 2 amide bonds. The molecule has 0 aliphatic rings. The van der Waals surface area contributed by atoms with E-state index in [-0.39, 0.29) is 18.2 Å². The lowest BCUT2D eigenvalue weighted by Gasteiger charge is -2.05. The lowest BCUT2D eigenvalue weighted by molar-refractivity contribution is -0.116. The summed E-state index contributed by atoms with van der Waals surface area (Å²) < 4.78 is 0. The van der Waals surface area contributed by atoms with E-state index in [1.165, 1.54) is 29.4 Å². The average Bonchev–Trinajstić information content (AvgIpc) is 3.07. The van der Waals surface area contributed by atoms with E-state index in [1.807, 2.05) is 23.6 Å². The van der Waals surface area contributed by atoms with Crippen molar-refractivity contribution < 1.29 is 9.59 Å². The van der Waals surface area contributed by atoms with Crippen molar-refractivity contribution in [2.75, 3.05) is 10.6 Å². The Morgan fingerprint density at radius 2 is 1.74 bits per heavy atom. The van der Waals surface area contributed by atoms with Crippen LogP contribution in [0.1, 0.15) is 23.6 Å². The van der Waals surface area contributed by atoms with Gasteiger partial charge in [-0.25, -0.2) is 4.98 Å². The highest BCUT2D eigenvalue weighted by Gasteiger charge is 2.10. The first kappa shape index (κ1) is 18.8. The highest BCUT2D eigenvalue weighted by molar-refractivity contribution is 7.14. The normalized spacial score (nSPS) is 10.5. The first-order valence-corrected chi connectivity index (χ1v) is 9.48. The minimum Gasteiger partial charge on any atom is -0.326 e. The van der Waals surface area contributed by atoms with Crippen molar-refractivity contribution >= 4 is 34.0 Å². The summed E-state index contributed by atoms with van der Waals surface area (Å²) in [6, 6.07) is 13.4. The van der Waals surface area contributed by atoms with E-state index in [0.29, 0.717) is 10.8 Å².